The molecule has 4 aromatic rings. The van der Waals surface area contributed by atoms with E-state index in [1.807, 2.05) is 18.3 Å². The number of benzene rings is 2. The Balaban J connectivity index is 1.42. The van der Waals surface area contributed by atoms with Crippen molar-refractivity contribution in [1.29, 1.82) is 0 Å². The molecule has 0 spiro atoms. The summed E-state index contributed by atoms with van der Waals surface area (Å²) in [6, 6.07) is 23.5. The van der Waals surface area contributed by atoms with Gasteiger partial charge in [-0.25, -0.2) is 0 Å². The third kappa shape index (κ3) is 5.24. The molecule has 2 fully saturated rings. The molecule has 6 rings (SSSR count). The van der Waals surface area contributed by atoms with Crippen LogP contribution < -0.4 is 15.1 Å². The lowest BCUT2D eigenvalue weighted by Crippen LogP contribution is -2.33. The molecule has 2 aromatic heterocycles. The predicted molar refractivity (Wildman–Crippen MR) is 175 cm³/mol. The first-order chi connectivity index (χ1) is 19.9. The fourth-order valence-electron chi connectivity index (χ4n) is 6.47. The van der Waals surface area contributed by atoms with Crippen LogP contribution in [0.25, 0.3) is 5.69 Å². The molecule has 212 valence electrons. The molecule has 2 saturated heterocycles. The van der Waals surface area contributed by atoms with Gasteiger partial charge in [0.1, 0.15) is 0 Å². The van der Waals surface area contributed by atoms with Crippen molar-refractivity contribution in [3.8, 4) is 5.69 Å². The average molecular weight is 584 g/mol. The van der Waals surface area contributed by atoms with Crippen molar-refractivity contribution in [2.75, 3.05) is 22.9 Å². The van der Waals surface area contributed by atoms with Gasteiger partial charge < -0.3 is 19.7 Å². The van der Waals surface area contributed by atoms with Gasteiger partial charge in [-0.3, -0.25) is 4.98 Å². The number of nitrogens with zero attached hydrogens (tertiary/aromatic N) is 4. The quantitative estimate of drug-likeness (QED) is 0.232. The van der Waals surface area contributed by atoms with E-state index in [1.54, 1.807) is 0 Å². The van der Waals surface area contributed by atoms with Crippen LogP contribution in [0.1, 0.15) is 67.0 Å². The summed E-state index contributed by atoms with van der Waals surface area (Å²) in [7, 11) is 0. The largest absolute Gasteiger partial charge is 0.370 e. The lowest BCUT2D eigenvalue weighted by atomic mass is 9.96. The van der Waals surface area contributed by atoms with Crippen LogP contribution in [0.3, 0.4) is 0 Å². The van der Waals surface area contributed by atoms with Gasteiger partial charge in [0.25, 0.3) is 0 Å². The minimum atomic E-state index is -0.109. The van der Waals surface area contributed by atoms with Crippen LogP contribution in [-0.4, -0.2) is 27.8 Å². The van der Waals surface area contributed by atoms with Gasteiger partial charge in [0.05, 0.1) is 28.5 Å². The maximum atomic E-state index is 6.99. The summed E-state index contributed by atoms with van der Waals surface area (Å²) in [6.45, 7) is 11.0. The van der Waals surface area contributed by atoms with Gasteiger partial charge in [-0.05, 0) is 111 Å². The molecule has 0 radical (unpaired) electrons. The molecule has 2 atom stereocenters. The fourth-order valence-corrected chi connectivity index (χ4v) is 7.11. The minimum absolute atomic E-state index is 0.0926. The Bertz CT molecular complexity index is 1540. The second-order valence-corrected chi connectivity index (χ2v) is 12.3. The highest BCUT2D eigenvalue weighted by Gasteiger charge is 2.42. The zero-order chi connectivity index (χ0) is 28.7. The first kappa shape index (κ1) is 27.8. The van der Waals surface area contributed by atoms with Crippen LogP contribution in [0.15, 0.2) is 72.9 Å². The Morgan fingerprint density at radius 3 is 2.37 bits per heavy atom. The number of anilines is 2. The Morgan fingerprint density at radius 2 is 1.71 bits per heavy atom. The second kappa shape index (κ2) is 11.5. The zero-order valence-corrected chi connectivity index (χ0v) is 25.8. The van der Waals surface area contributed by atoms with Gasteiger partial charge >= 0.3 is 0 Å². The van der Waals surface area contributed by atoms with Crippen molar-refractivity contribution >= 4 is 40.3 Å². The minimum Gasteiger partial charge on any atom is -0.370 e. The summed E-state index contributed by atoms with van der Waals surface area (Å²) < 4.78 is 2.34. The van der Waals surface area contributed by atoms with Gasteiger partial charge in [0.15, 0.2) is 5.11 Å². The van der Waals surface area contributed by atoms with Crippen LogP contribution in [0, 0.1) is 19.8 Å². The van der Waals surface area contributed by atoms with Gasteiger partial charge in [-0.1, -0.05) is 43.6 Å². The number of halogens is 1. The predicted octanol–water partition coefficient (Wildman–Crippen LogP) is 8.12. The molecule has 1 N–H and O–H groups in total. The highest BCUT2D eigenvalue weighted by atomic mass is 35.5. The monoisotopic (exact) mass is 583 g/mol. The van der Waals surface area contributed by atoms with Crippen molar-refractivity contribution in [2.24, 2.45) is 5.92 Å². The third-order valence-corrected chi connectivity index (χ3v) is 9.44. The summed E-state index contributed by atoms with van der Waals surface area (Å²) in [6.07, 6.45) is 5.27. The number of rotatable bonds is 6. The number of thiocarbonyl (C=S) groups is 1. The summed E-state index contributed by atoms with van der Waals surface area (Å²) in [5.74, 6) is 0.769. The average Bonchev–Trinajstić information content (AvgIpc) is 3.48. The van der Waals surface area contributed by atoms with Gasteiger partial charge in [0.2, 0.25) is 0 Å². The molecule has 4 heterocycles. The Hall–Kier alpha value is -3.35. The standard InChI is InChI=1S/C34H38ClN5S/c1-5-25-9-11-26(12-10-25)39-23(3)20-28(24(39)4)33-32(30-8-6-7-17-36-30)37-34(41)40(33)27-13-14-31(29(35)21-27)38-18-15-22(2)16-19-38/h6-14,17,20-22,32-33H,5,15-16,18-19H2,1-4H3,(H,37,41)/t32-,33-/m1/s1. The molecule has 7 heteroatoms. The summed E-state index contributed by atoms with van der Waals surface area (Å²) in [4.78, 5) is 9.39. The lowest BCUT2D eigenvalue weighted by molar-refractivity contribution is 0.438. The van der Waals surface area contributed by atoms with Crippen molar-refractivity contribution < 1.29 is 0 Å². The molecular weight excluding hydrogens is 546 g/mol. The summed E-state index contributed by atoms with van der Waals surface area (Å²) in [5.41, 5.74) is 9.16. The number of aromatic nitrogens is 2. The molecule has 0 aliphatic carbocycles. The SMILES string of the molecule is CCc1ccc(-n2c(C)cc([C@@H]3[C@@H](c4ccccn4)NC(=S)N3c3ccc(N4CCC(C)CC4)c(Cl)c3)c2C)cc1. The molecule has 0 amide bonds. The molecule has 5 nitrogen and oxygen atoms in total. The molecule has 0 unspecified atom stereocenters. The Morgan fingerprint density at radius 1 is 0.976 bits per heavy atom. The number of aryl methyl sites for hydroxylation is 2. The van der Waals surface area contributed by atoms with Gasteiger partial charge in [0, 0.05) is 42.0 Å². The maximum absolute atomic E-state index is 6.99. The molecule has 2 aliphatic heterocycles. The normalized spacial score (nSPS) is 19.6. The smallest absolute Gasteiger partial charge is 0.174 e. The van der Waals surface area contributed by atoms with E-state index >= 15 is 0 Å². The highest BCUT2D eigenvalue weighted by molar-refractivity contribution is 7.80. The van der Waals surface area contributed by atoms with Crippen molar-refractivity contribution in [2.45, 2.75) is 59.0 Å². The Labute approximate surface area is 254 Å². The van der Waals surface area contributed by atoms with Gasteiger partial charge in [-0.15, -0.1) is 0 Å². The van der Waals surface area contributed by atoms with E-state index in [2.05, 4.69) is 102 Å². The van der Waals surface area contributed by atoms with E-state index < -0.39 is 0 Å². The van der Waals surface area contributed by atoms with Crippen LogP contribution in [0.2, 0.25) is 5.02 Å². The second-order valence-electron chi connectivity index (χ2n) is 11.5. The molecule has 0 bridgehead atoms. The fraction of sp³-hybridized carbons (Fsp3) is 0.353. The number of hydrogen-bond acceptors (Lipinski definition) is 3. The maximum Gasteiger partial charge on any atom is 0.174 e. The van der Waals surface area contributed by atoms with E-state index in [9.17, 15) is 0 Å². The lowest BCUT2D eigenvalue weighted by Gasteiger charge is -2.33. The van der Waals surface area contributed by atoms with Crippen molar-refractivity contribution in [3.05, 3.63) is 106 Å². The third-order valence-electron chi connectivity index (χ3n) is 8.82. The molecular formula is C34H38ClN5S. The molecule has 2 aromatic carbocycles. The highest BCUT2D eigenvalue weighted by Crippen LogP contribution is 2.45. The van der Waals surface area contributed by atoms with E-state index in [0.717, 1.165) is 47.5 Å². The molecule has 41 heavy (non-hydrogen) atoms. The first-order valence-corrected chi connectivity index (χ1v) is 15.5. The number of piperidine rings is 1. The topological polar surface area (TPSA) is 36.3 Å². The van der Waals surface area contributed by atoms with Crippen LogP contribution in [0.5, 0.6) is 0 Å². The summed E-state index contributed by atoms with van der Waals surface area (Å²) in [5, 5.41) is 5.06. The summed E-state index contributed by atoms with van der Waals surface area (Å²) >= 11 is 13.0. The van der Waals surface area contributed by atoms with E-state index in [4.69, 9.17) is 28.8 Å². The van der Waals surface area contributed by atoms with Crippen LogP contribution >= 0.6 is 23.8 Å². The van der Waals surface area contributed by atoms with Crippen LogP contribution in [-0.2, 0) is 6.42 Å². The number of pyridine rings is 1. The molecule has 0 saturated carbocycles. The Kier molecular flexibility index (Phi) is 7.80. The van der Waals surface area contributed by atoms with Crippen LogP contribution in [0.4, 0.5) is 11.4 Å². The van der Waals surface area contributed by atoms with E-state index in [0.29, 0.717) is 5.11 Å². The van der Waals surface area contributed by atoms with Crippen molar-refractivity contribution in [1.82, 2.24) is 14.9 Å². The van der Waals surface area contributed by atoms with E-state index in [1.165, 1.54) is 41.0 Å². The first-order valence-electron chi connectivity index (χ1n) is 14.7. The number of hydrogen-bond donors (Lipinski definition) is 1. The zero-order valence-electron chi connectivity index (χ0n) is 24.3. The number of nitrogens with one attached hydrogen (secondary N) is 1. The molecule has 2 aliphatic rings. The van der Waals surface area contributed by atoms with E-state index in [-0.39, 0.29) is 12.1 Å². The van der Waals surface area contributed by atoms with Gasteiger partial charge in [-0.2, -0.15) is 0 Å². The van der Waals surface area contributed by atoms with Crippen molar-refractivity contribution in [3.63, 3.8) is 0 Å².